The van der Waals surface area contributed by atoms with Crippen molar-refractivity contribution in [3.8, 4) is 0 Å². The third-order valence-electron chi connectivity index (χ3n) is 5.64. The van der Waals surface area contributed by atoms with Gasteiger partial charge in [-0.3, -0.25) is 4.79 Å². The average molecular weight is 264 g/mol. The standard InChI is InChI=1S/C16H28N2O/c1-15(2,17)14(19)18(3)10-16-7-11-4-12(8-16)6-13(5-11)9-16/h11-13H,4-10,17H2,1-3H3. The SMILES string of the molecule is CN(CC12CC3CC(CC(C3)C1)C2)C(=O)C(C)(C)N. The fourth-order valence-corrected chi connectivity index (χ4v) is 5.55. The molecule has 0 aromatic heterocycles. The zero-order chi connectivity index (χ0) is 13.8. The maximum absolute atomic E-state index is 12.3. The van der Waals surface area contributed by atoms with Crippen LogP contribution in [0.2, 0.25) is 0 Å². The Morgan fingerprint density at radius 2 is 1.58 bits per heavy atom. The first-order chi connectivity index (χ1) is 8.77. The van der Waals surface area contributed by atoms with Gasteiger partial charge < -0.3 is 10.6 Å². The molecule has 0 aromatic rings. The van der Waals surface area contributed by atoms with Crippen LogP contribution in [0.5, 0.6) is 0 Å². The van der Waals surface area contributed by atoms with Crippen LogP contribution in [0.15, 0.2) is 0 Å². The number of nitrogens with two attached hydrogens (primary N) is 1. The van der Waals surface area contributed by atoms with Gasteiger partial charge in [-0.2, -0.15) is 0 Å². The highest BCUT2D eigenvalue weighted by atomic mass is 16.2. The van der Waals surface area contributed by atoms with Gasteiger partial charge in [0.15, 0.2) is 0 Å². The second kappa shape index (κ2) is 4.21. The predicted octanol–water partition coefficient (Wildman–Crippen LogP) is 2.40. The minimum atomic E-state index is -0.739. The number of likely N-dealkylation sites (N-methyl/N-ethyl adjacent to an activating group) is 1. The molecule has 0 aromatic carbocycles. The van der Waals surface area contributed by atoms with Crippen molar-refractivity contribution in [3.63, 3.8) is 0 Å². The Bertz CT molecular complexity index is 347. The number of hydrogen-bond acceptors (Lipinski definition) is 2. The second-order valence-corrected chi connectivity index (χ2v) is 8.30. The summed E-state index contributed by atoms with van der Waals surface area (Å²) < 4.78 is 0. The van der Waals surface area contributed by atoms with E-state index >= 15 is 0 Å². The molecule has 0 heterocycles. The fraction of sp³-hybridized carbons (Fsp3) is 0.938. The first-order valence-electron chi connectivity index (χ1n) is 7.82. The highest BCUT2D eigenvalue weighted by Gasteiger charge is 2.51. The lowest BCUT2D eigenvalue weighted by atomic mass is 9.49. The smallest absolute Gasteiger partial charge is 0.241 e. The molecule has 0 aliphatic heterocycles. The molecule has 0 radical (unpaired) electrons. The molecule has 0 spiro atoms. The molecule has 4 fully saturated rings. The first kappa shape index (κ1) is 13.4. The molecule has 4 bridgehead atoms. The van der Waals surface area contributed by atoms with Crippen LogP contribution >= 0.6 is 0 Å². The Kier molecular flexibility index (Phi) is 2.97. The lowest BCUT2D eigenvalue weighted by Crippen LogP contribution is -2.55. The summed E-state index contributed by atoms with van der Waals surface area (Å²) in [6.45, 7) is 4.55. The van der Waals surface area contributed by atoms with Crippen molar-refractivity contribution in [2.24, 2.45) is 28.9 Å². The fourth-order valence-electron chi connectivity index (χ4n) is 5.55. The summed E-state index contributed by atoms with van der Waals surface area (Å²) in [6.07, 6.45) is 8.42. The van der Waals surface area contributed by atoms with Crippen LogP contribution in [0, 0.1) is 23.2 Å². The molecule has 4 aliphatic rings. The van der Waals surface area contributed by atoms with Crippen molar-refractivity contribution in [3.05, 3.63) is 0 Å². The molecular formula is C16H28N2O. The van der Waals surface area contributed by atoms with Crippen LogP contribution in [0.4, 0.5) is 0 Å². The summed E-state index contributed by atoms with van der Waals surface area (Å²) in [5.74, 6) is 2.92. The van der Waals surface area contributed by atoms with Crippen LogP contribution in [0.25, 0.3) is 0 Å². The number of nitrogens with zero attached hydrogens (tertiary/aromatic N) is 1. The number of amides is 1. The predicted molar refractivity (Wildman–Crippen MR) is 76.5 cm³/mol. The molecule has 3 heteroatoms. The van der Waals surface area contributed by atoms with E-state index in [1.54, 1.807) is 0 Å². The summed E-state index contributed by atoms with van der Waals surface area (Å²) >= 11 is 0. The van der Waals surface area contributed by atoms with E-state index < -0.39 is 5.54 Å². The van der Waals surface area contributed by atoms with Crippen molar-refractivity contribution in [1.82, 2.24) is 4.90 Å². The Balaban J connectivity index is 1.71. The molecule has 0 atom stereocenters. The maximum Gasteiger partial charge on any atom is 0.241 e. The molecule has 4 aliphatic carbocycles. The summed E-state index contributed by atoms with van der Waals surface area (Å²) in [4.78, 5) is 14.2. The van der Waals surface area contributed by atoms with Crippen molar-refractivity contribution in [2.75, 3.05) is 13.6 Å². The summed E-state index contributed by atoms with van der Waals surface area (Å²) in [7, 11) is 1.94. The Hall–Kier alpha value is -0.570. The van der Waals surface area contributed by atoms with Crippen molar-refractivity contribution in [1.29, 1.82) is 0 Å². The minimum Gasteiger partial charge on any atom is -0.344 e. The van der Waals surface area contributed by atoms with Crippen molar-refractivity contribution >= 4 is 5.91 Å². The van der Waals surface area contributed by atoms with Gasteiger partial charge in [-0.25, -0.2) is 0 Å². The number of carbonyl (C=O) groups excluding carboxylic acids is 1. The van der Waals surface area contributed by atoms with E-state index in [1.807, 2.05) is 25.8 Å². The van der Waals surface area contributed by atoms with Gasteiger partial charge in [0.25, 0.3) is 0 Å². The van der Waals surface area contributed by atoms with E-state index in [4.69, 9.17) is 5.73 Å². The number of carbonyl (C=O) groups is 1. The molecule has 0 unspecified atom stereocenters. The number of hydrogen-bond donors (Lipinski definition) is 1. The van der Waals surface area contributed by atoms with E-state index in [-0.39, 0.29) is 5.91 Å². The zero-order valence-electron chi connectivity index (χ0n) is 12.6. The van der Waals surface area contributed by atoms with Gasteiger partial charge in [-0.1, -0.05) is 0 Å². The van der Waals surface area contributed by atoms with E-state index in [1.165, 1.54) is 38.5 Å². The van der Waals surface area contributed by atoms with Gasteiger partial charge in [-0.15, -0.1) is 0 Å². The monoisotopic (exact) mass is 264 g/mol. The van der Waals surface area contributed by atoms with Crippen LogP contribution in [-0.2, 0) is 4.79 Å². The Morgan fingerprint density at radius 3 is 1.95 bits per heavy atom. The van der Waals surface area contributed by atoms with E-state index in [0.29, 0.717) is 5.41 Å². The highest BCUT2D eigenvalue weighted by Crippen LogP contribution is 2.60. The molecule has 3 nitrogen and oxygen atoms in total. The van der Waals surface area contributed by atoms with Crippen molar-refractivity contribution < 1.29 is 4.79 Å². The number of rotatable bonds is 3. The molecule has 0 saturated heterocycles. The van der Waals surface area contributed by atoms with Gasteiger partial charge in [0, 0.05) is 13.6 Å². The maximum atomic E-state index is 12.3. The third-order valence-corrected chi connectivity index (χ3v) is 5.64. The summed E-state index contributed by atoms with van der Waals surface area (Å²) in [5.41, 5.74) is 5.64. The van der Waals surface area contributed by atoms with Crippen molar-refractivity contribution in [2.45, 2.75) is 57.9 Å². The summed E-state index contributed by atoms with van der Waals surface area (Å²) in [5, 5.41) is 0. The molecule has 108 valence electrons. The van der Waals surface area contributed by atoms with Gasteiger partial charge in [-0.05, 0) is 75.5 Å². The molecule has 4 rings (SSSR count). The van der Waals surface area contributed by atoms with E-state index in [9.17, 15) is 4.79 Å². The van der Waals surface area contributed by atoms with Gasteiger partial charge in [0.2, 0.25) is 5.91 Å². The van der Waals surface area contributed by atoms with Crippen LogP contribution in [0.1, 0.15) is 52.4 Å². The quantitative estimate of drug-likeness (QED) is 0.851. The normalized spacial score (nSPS) is 40.5. The Labute approximate surface area is 116 Å². The molecular weight excluding hydrogens is 236 g/mol. The largest absolute Gasteiger partial charge is 0.344 e. The van der Waals surface area contributed by atoms with Gasteiger partial charge >= 0.3 is 0 Å². The lowest BCUT2D eigenvalue weighted by molar-refractivity contribution is -0.139. The van der Waals surface area contributed by atoms with E-state index in [0.717, 1.165) is 24.3 Å². The molecule has 4 saturated carbocycles. The first-order valence-corrected chi connectivity index (χ1v) is 7.82. The Morgan fingerprint density at radius 1 is 1.16 bits per heavy atom. The minimum absolute atomic E-state index is 0.0863. The average Bonchev–Trinajstić information content (AvgIpc) is 2.23. The molecule has 2 N–H and O–H groups in total. The summed E-state index contributed by atoms with van der Waals surface area (Å²) in [6, 6.07) is 0. The van der Waals surface area contributed by atoms with E-state index in [2.05, 4.69) is 0 Å². The van der Waals surface area contributed by atoms with Crippen LogP contribution in [-0.4, -0.2) is 29.9 Å². The topological polar surface area (TPSA) is 46.3 Å². The zero-order valence-corrected chi connectivity index (χ0v) is 12.6. The van der Waals surface area contributed by atoms with Gasteiger partial charge in [0.1, 0.15) is 0 Å². The second-order valence-electron chi connectivity index (χ2n) is 8.30. The molecule has 1 amide bonds. The van der Waals surface area contributed by atoms with Crippen LogP contribution in [0.3, 0.4) is 0 Å². The highest BCUT2D eigenvalue weighted by molar-refractivity contribution is 5.85. The van der Waals surface area contributed by atoms with Crippen LogP contribution < -0.4 is 5.73 Å². The molecule has 19 heavy (non-hydrogen) atoms. The lowest BCUT2D eigenvalue weighted by Gasteiger charge is -2.57. The third kappa shape index (κ3) is 2.42. The van der Waals surface area contributed by atoms with Gasteiger partial charge in [0.05, 0.1) is 5.54 Å².